The van der Waals surface area contributed by atoms with Gasteiger partial charge in [-0.25, -0.2) is 4.98 Å². The number of aromatic nitrogens is 4. The van der Waals surface area contributed by atoms with E-state index in [9.17, 15) is 0 Å². The molecule has 0 fully saturated rings. The minimum absolute atomic E-state index is 0. The molecule has 6 heteroatoms. The van der Waals surface area contributed by atoms with Crippen LogP contribution in [-0.2, 0) is 42.7 Å². The van der Waals surface area contributed by atoms with Gasteiger partial charge >= 0.3 is 0 Å². The molecule has 6 aromatic carbocycles. The molecule has 5 nitrogen and oxygen atoms in total. The third-order valence-electron chi connectivity index (χ3n) is 12.7. The molecule has 9 rings (SSSR count). The van der Waals surface area contributed by atoms with Gasteiger partial charge in [0.25, 0.3) is 6.33 Å². The number of hydrogen-bond donors (Lipinski definition) is 0. The fraction of sp³-hybridized carbons (Fsp3) is 0.241. The van der Waals surface area contributed by atoms with Crippen LogP contribution >= 0.6 is 0 Å². The molecular formula is C58H56N4OPt-2. The average Bonchev–Trinajstić information content (AvgIpc) is 3.87. The normalized spacial score (nSPS) is 12.4. The molecule has 9 aromatic rings. The Bertz CT molecular complexity index is 3110. The Morgan fingerprint density at radius 1 is 0.531 bits per heavy atom. The fourth-order valence-electron chi connectivity index (χ4n) is 8.64. The maximum Gasteiger partial charge on any atom is 0.267 e. The summed E-state index contributed by atoms with van der Waals surface area (Å²) >= 11 is 0. The zero-order valence-electron chi connectivity index (χ0n) is 38.5. The summed E-state index contributed by atoms with van der Waals surface area (Å²) in [5, 5.41) is 2.26. The number of nitrogens with zero attached hydrogens (tertiary/aromatic N) is 4. The zero-order chi connectivity index (χ0) is 44.3. The number of ether oxygens (including phenoxy) is 1. The molecule has 0 atom stereocenters. The predicted molar refractivity (Wildman–Crippen MR) is 257 cm³/mol. The Morgan fingerprint density at radius 2 is 1.16 bits per heavy atom. The Hall–Kier alpha value is -6.03. The molecule has 326 valence electrons. The largest absolute Gasteiger partial charge is 0.510 e. The van der Waals surface area contributed by atoms with Crippen LogP contribution in [0.15, 0.2) is 158 Å². The summed E-state index contributed by atoms with van der Waals surface area (Å²) < 4.78 is 13.1. The van der Waals surface area contributed by atoms with Crippen LogP contribution in [0.3, 0.4) is 0 Å². The Morgan fingerprint density at radius 3 is 1.84 bits per heavy atom. The number of hydrogen-bond acceptors (Lipinski definition) is 2. The maximum absolute atomic E-state index is 6.67. The Balaban J connectivity index is 0.00000560. The molecular weight excluding hydrogens is 964 g/mol. The van der Waals surface area contributed by atoms with E-state index < -0.39 is 0 Å². The topological polar surface area (TPSA) is 35.9 Å². The molecule has 0 spiro atoms. The van der Waals surface area contributed by atoms with Crippen LogP contribution in [0.4, 0.5) is 0 Å². The molecule has 0 bridgehead atoms. The quantitative estimate of drug-likeness (QED) is 0.107. The summed E-state index contributed by atoms with van der Waals surface area (Å²) in [5.74, 6) is 2.03. The Labute approximate surface area is 393 Å². The number of imidazole rings is 1. The van der Waals surface area contributed by atoms with Gasteiger partial charge in [0.1, 0.15) is 5.82 Å². The van der Waals surface area contributed by atoms with Crippen LogP contribution in [0.25, 0.3) is 39.0 Å². The van der Waals surface area contributed by atoms with Crippen LogP contribution in [0.2, 0.25) is 0 Å². The summed E-state index contributed by atoms with van der Waals surface area (Å²) in [5.41, 5.74) is 10.5. The van der Waals surface area contributed by atoms with E-state index in [-0.39, 0.29) is 42.7 Å². The van der Waals surface area contributed by atoms with Crippen LogP contribution in [0.5, 0.6) is 11.5 Å². The van der Waals surface area contributed by atoms with Crippen molar-refractivity contribution in [3.05, 3.63) is 210 Å². The first kappa shape index (κ1) is 44.6. The molecule has 0 unspecified atom stereocenters. The van der Waals surface area contributed by atoms with Crippen molar-refractivity contribution in [2.45, 2.75) is 90.9 Å². The second kappa shape index (κ2) is 16.8. The van der Waals surface area contributed by atoms with Crippen molar-refractivity contribution in [1.82, 2.24) is 14.1 Å². The third kappa shape index (κ3) is 8.39. The van der Waals surface area contributed by atoms with Crippen molar-refractivity contribution in [2.75, 3.05) is 0 Å². The van der Waals surface area contributed by atoms with Crippen molar-refractivity contribution in [3.63, 3.8) is 0 Å². The standard InChI is InChI=1S/C58H56N4O.Pt/c1-55(2,3)42-27-30-51-50(34-42)49-29-28-48(37-52(49)62(51)54-35-43(31-32-59-54)56(4,5)6)63-47-26-18-24-45(36-47)60-38-53(58(9,10)41-21-15-12-16-22-41)61(39-60)46-25-17-23-44(33-46)57(7,8)40-19-13-11-14-20-40;/h11-35,38H,1-10H3;/q-2;. The van der Waals surface area contributed by atoms with E-state index in [1.165, 1.54) is 27.8 Å². The van der Waals surface area contributed by atoms with E-state index in [1.807, 2.05) is 35.0 Å². The molecule has 0 saturated heterocycles. The molecule has 0 aliphatic carbocycles. The van der Waals surface area contributed by atoms with Crippen molar-refractivity contribution in [3.8, 4) is 28.7 Å². The molecule has 64 heavy (non-hydrogen) atoms. The number of fused-ring (bicyclic) bond motifs is 3. The summed E-state index contributed by atoms with van der Waals surface area (Å²) in [7, 11) is 0. The van der Waals surface area contributed by atoms with Crippen LogP contribution in [0.1, 0.15) is 103 Å². The van der Waals surface area contributed by atoms with E-state index in [0.29, 0.717) is 11.5 Å². The van der Waals surface area contributed by atoms with E-state index in [4.69, 9.17) is 9.72 Å². The molecule has 0 saturated carbocycles. The molecule has 0 N–H and O–H groups in total. The van der Waals surface area contributed by atoms with Gasteiger partial charge in [0.05, 0.1) is 11.4 Å². The second-order valence-electron chi connectivity index (χ2n) is 19.9. The van der Waals surface area contributed by atoms with E-state index >= 15 is 0 Å². The summed E-state index contributed by atoms with van der Waals surface area (Å²) in [6.07, 6.45) is 7.81. The molecule has 0 aliphatic heterocycles. The molecule has 3 heterocycles. The van der Waals surface area contributed by atoms with Crippen LogP contribution < -0.4 is 9.30 Å². The predicted octanol–water partition coefficient (Wildman–Crippen LogP) is 13.7. The van der Waals surface area contributed by atoms with Gasteiger partial charge < -0.3 is 13.9 Å². The minimum atomic E-state index is -0.361. The summed E-state index contributed by atoms with van der Waals surface area (Å²) in [6, 6.07) is 58.7. The number of rotatable bonds is 9. The molecule has 0 radical (unpaired) electrons. The van der Waals surface area contributed by atoms with Gasteiger partial charge in [-0.15, -0.1) is 29.7 Å². The van der Waals surface area contributed by atoms with Crippen molar-refractivity contribution in [1.29, 1.82) is 0 Å². The van der Waals surface area contributed by atoms with E-state index in [2.05, 4.69) is 224 Å². The summed E-state index contributed by atoms with van der Waals surface area (Å²) in [4.78, 5) is 4.91. The summed E-state index contributed by atoms with van der Waals surface area (Å²) in [6.45, 7) is 22.6. The third-order valence-corrected chi connectivity index (χ3v) is 12.7. The maximum atomic E-state index is 6.67. The number of benzene rings is 6. The van der Waals surface area contributed by atoms with Gasteiger partial charge in [-0.05, 0) is 80.1 Å². The fourth-order valence-corrected chi connectivity index (χ4v) is 8.64. The van der Waals surface area contributed by atoms with Gasteiger partial charge in [-0.3, -0.25) is 4.57 Å². The Kier molecular flexibility index (Phi) is 11.7. The molecule has 3 aromatic heterocycles. The van der Waals surface area contributed by atoms with Gasteiger partial charge in [0.15, 0.2) is 0 Å². The van der Waals surface area contributed by atoms with Crippen molar-refractivity contribution < 1.29 is 30.4 Å². The molecule has 0 amide bonds. The average molecular weight is 1020 g/mol. The SMILES string of the molecule is CC(C)(C)c1ccnc(-n2c3[c-]c(Oc4[c-]c(-n5[c-][n+](-c6cccc(C(C)(C)c7ccccc7)c6)c(C(C)(C)c6ccccc6)c5)ccc4)ccc3c3cc(C(C)(C)C)ccc32)c1.[Pt]. The van der Waals surface area contributed by atoms with Gasteiger partial charge in [-0.2, -0.15) is 18.2 Å². The minimum Gasteiger partial charge on any atom is -0.510 e. The zero-order valence-corrected chi connectivity index (χ0v) is 40.8. The van der Waals surface area contributed by atoms with Gasteiger partial charge in [0.2, 0.25) is 0 Å². The van der Waals surface area contributed by atoms with Gasteiger partial charge in [-0.1, -0.05) is 160 Å². The monoisotopic (exact) mass is 1020 g/mol. The number of pyridine rings is 1. The second-order valence-corrected chi connectivity index (χ2v) is 19.9. The molecule has 0 aliphatic rings. The van der Waals surface area contributed by atoms with Crippen molar-refractivity contribution in [2.24, 2.45) is 0 Å². The smallest absolute Gasteiger partial charge is 0.267 e. The van der Waals surface area contributed by atoms with E-state index in [0.717, 1.165) is 44.7 Å². The first-order chi connectivity index (χ1) is 30.0. The van der Waals surface area contributed by atoms with Crippen molar-refractivity contribution >= 4 is 21.8 Å². The van der Waals surface area contributed by atoms with Crippen LogP contribution in [-0.4, -0.2) is 14.1 Å². The first-order valence-corrected chi connectivity index (χ1v) is 22.0. The van der Waals surface area contributed by atoms with E-state index in [1.54, 1.807) is 0 Å². The van der Waals surface area contributed by atoms with Gasteiger partial charge in [0, 0.05) is 61.3 Å². The van der Waals surface area contributed by atoms with Crippen LogP contribution in [0, 0.1) is 18.5 Å². The first-order valence-electron chi connectivity index (χ1n) is 22.0.